The molecule has 2 N–H and O–H groups in total. The van der Waals surface area contributed by atoms with Gasteiger partial charge in [-0.3, -0.25) is 0 Å². The molecule has 0 bridgehead atoms. The number of anilines is 2. The first-order chi connectivity index (χ1) is 14.5. The highest BCUT2D eigenvalue weighted by Gasteiger charge is 2.35. The summed E-state index contributed by atoms with van der Waals surface area (Å²) in [7, 11) is -2.26. The molecule has 5 rings (SSSR count). The van der Waals surface area contributed by atoms with E-state index in [2.05, 4.69) is 19.6 Å². The predicted octanol–water partition coefficient (Wildman–Crippen LogP) is 1.07. The summed E-state index contributed by atoms with van der Waals surface area (Å²) in [6.07, 6.45) is 4.11. The Bertz CT molecular complexity index is 1210. The zero-order valence-electron chi connectivity index (χ0n) is 16.8. The van der Waals surface area contributed by atoms with Crippen LogP contribution >= 0.6 is 0 Å². The van der Waals surface area contributed by atoms with Gasteiger partial charge < -0.3 is 14.6 Å². The maximum Gasteiger partial charge on any atom is 0.302 e. The van der Waals surface area contributed by atoms with E-state index in [4.69, 9.17) is 14.7 Å². The van der Waals surface area contributed by atoms with Gasteiger partial charge in [0.2, 0.25) is 5.95 Å². The topological polar surface area (TPSA) is 116 Å². The zero-order valence-corrected chi connectivity index (χ0v) is 17.6. The van der Waals surface area contributed by atoms with Gasteiger partial charge in [-0.05, 0) is 25.5 Å². The molecule has 3 aromatic rings. The third kappa shape index (κ3) is 3.01. The van der Waals surface area contributed by atoms with Crippen molar-refractivity contribution in [3.05, 3.63) is 30.1 Å². The van der Waals surface area contributed by atoms with Gasteiger partial charge in [0.1, 0.15) is 5.65 Å². The lowest BCUT2D eigenvalue weighted by molar-refractivity contribution is 0.0981. The third-order valence-electron chi connectivity index (χ3n) is 5.66. The zero-order chi connectivity index (χ0) is 20.9. The average molecular weight is 430 g/mol. The van der Waals surface area contributed by atoms with E-state index in [0.29, 0.717) is 44.5 Å². The fourth-order valence-corrected chi connectivity index (χ4v) is 5.03. The number of pyridine rings is 1. The third-order valence-corrected chi connectivity index (χ3v) is 7.11. The number of nitrogens with zero attached hydrogens (tertiary/aromatic N) is 5. The van der Waals surface area contributed by atoms with Crippen molar-refractivity contribution >= 4 is 33.0 Å². The molecule has 1 atom stereocenters. The van der Waals surface area contributed by atoms with E-state index < -0.39 is 10.2 Å². The standard InChI is InChI=1S/C19H23N7O3S/c1-12-11-29-10-9-25(12)19-23-16(13-3-6-21-17-14(13)4-7-22-17)15-5-8-26(18(15)24-19)30(27,28)20-2/h3-4,6-7,12,20H,5,8-11H2,1-2H3,(H,21,22)/t12-/m1/s1. The first kappa shape index (κ1) is 19.2. The molecule has 0 saturated carbocycles. The van der Waals surface area contributed by atoms with Crippen molar-refractivity contribution < 1.29 is 13.2 Å². The van der Waals surface area contributed by atoms with E-state index in [1.54, 1.807) is 6.20 Å². The highest BCUT2D eigenvalue weighted by molar-refractivity contribution is 7.90. The summed E-state index contributed by atoms with van der Waals surface area (Å²) in [5.41, 5.74) is 3.24. The van der Waals surface area contributed by atoms with Gasteiger partial charge in [-0.25, -0.2) is 19.0 Å². The van der Waals surface area contributed by atoms with Crippen LogP contribution in [-0.2, 0) is 21.4 Å². The van der Waals surface area contributed by atoms with Crippen LogP contribution in [0.3, 0.4) is 0 Å². The van der Waals surface area contributed by atoms with E-state index >= 15 is 0 Å². The monoisotopic (exact) mass is 429 g/mol. The van der Waals surface area contributed by atoms with Crippen LogP contribution in [0.15, 0.2) is 24.5 Å². The number of hydrogen-bond acceptors (Lipinski definition) is 7. The highest BCUT2D eigenvalue weighted by Crippen LogP contribution is 2.38. The van der Waals surface area contributed by atoms with Gasteiger partial charge in [0, 0.05) is 49.0 Å². The Labute approximate surface area is 174 Å². The summed E-state index contributed by atoms with van der Waals surface area (Å²) in [4.78, 5) is 19.2. The first-order valence-corrected chi connectivity index (χ1v) is 11.3. The Morgan fingerprint density at radius 1 is 1.27 bits per heavy atom. The van der Waals surface area contributed by atoms with Crippen LogP contribution < -0.4 is 13.9 Å². The van der Waals surface area contributed by atoms with Gasteiger partial charge >= 0.3 is 10.2 Å². The fraction of sp³-hybridized carbons (Fsp3) is 0.421. The second-order valence-corrected chi connectivity index (χ2v) is 9.22. The molecule has 0 aliphatic carbocycles. The van der Waals surface area contributed by atoms with Crippen molar-refractivity contribution in [2.45, 2.75) is 19.4 Å². The number of hydrogen-bond donors (Lipinski definition) is 2. The van der Waals surface area contributed by atoms with Crippen molar-refractivity contribution in [3.63, 3.8) is 0 Å². The lowest BCUT2D eigenvalue weighted by Crippen LogP contribution is -2.45. The molecule has 30 heavy (non-hydrogen) atoms. The van der Waals surface area contributed by atoms with Gasteiger partial charge in [-0.1, -0.05) is 0 Å². The quantitative estimate of drug-likeness (QED) is 0.637. The fourth-order valence-electron chi connectivity index (χ4n) is 4.10. The minimum absolute atomic E-state index is 0.0881. The van der Waals surface area contributed by atoms with Crippen molar-refractivity contribution in [2.24, 2.45) is 0 Å². The van der Waals surface area contributed by atoms with Crippen molar-refractivity contribution in [2.75, 3.05) is 42.6 Å². The molecule has 0 radical (unpaired) electrons. The Kier molecular flexibility index (Phi) is 4.60. The number of rotatable bonds is 4. The van der Waals surface area contributed by atoms with Gasteiger partial charge in [-0.15, -0.1) is 0 Å². The number of morpholine rings is 1. The maximum atomic E-state index is 12.6. The molecule has 11 heteroatoms. The number of ether oxygens (including phenoxy) is 1. The molecule has 0 aromatic carbocycles. The predicted molar refractivity (Wildman–Crippen MR) is 114 cm³/mol. The molecule has 2 aliphatic rings. The van der Waals surface area contributed by atoms with Gasteiger partial charge in [0.15, 0.2) is 5.82 Å². The molecular formula is C19H23N7O3S. The number of aromatic amines is 1. The molecule has 0 unspecified atom stereocenters. The SMILES string of the molecule is CNS(=O)(=O)N1CCc2c(-c3ccnc4[nH]ccc34)nc(N3CCOC[C@H]3C)nc21. The summed E-state index contributed by atoms with van der Waals surface area (Å²) < 4.78 is 34.6. The Morgan fingerprint density at radius 2 is 2.13 bits per heavy atom. The summed E-state index contributed by atoms with van der Waals surface area (Å²) in [6, 6.07) is 3.96. The molecule has 0 spiro atoms. The van der Waals surface area contributed by atoms with Crippen LogP contribution in [0.25, 0.3) is 22.3 Å². The van der Waals surface area contributed by atoms with E-state index in [0.717, 1.165) is 27.9 Å². The highest BCUT2D eigenvalue weighted by atomic mass is 32.2. The number of fused-ring (bicyclic) bond motifs is 2. The maximum absolute atomic E-state index is 12.6. The minimum Gasteiger partial charge on any atom is -0.377 e. The molecule has 3 aromatic heterocycles. The number of nitrogens with one attached hydrogen (secondary N) is 2. The van der Waals surface area contributed by atoms with Gasteiger partial charge in [0.05, 0.1) is 24.9 Å². The second-order valence-electron chi connectivity index (χ2n) is 7.42. The minimum atomic E-state index is -3.67. The first-order valence-electron chi connectivity index (χ1n) is 9.88. The van der Waals surface area contributed by atoms with Crippen LogP contribution in [0.2, 0.25) is 0 Å². The molecule has 1 saturated heterocycles. The number of H-pyrrole nitrogens is 1. The van der Waals surface area contributed by atoms with E-state index in [-0.39, 0.29) is 6.04 Å². The van der Waals surface area contributed by atoms with Crippen LogP contribution in [0.5, 0.6) is 0 Å². The lowest BCUT2D eigenvalue weighted by atomic mass is 10.0. The summed E-state index contributed by atoms with van der Waals surface area (Å²) in [6.45, 7) is 4.17. The summed E-state index contributed by atoms with van der Waals surface area (Å²) in [5, 5.41) is 0.939. The van der Waals surface area contributed by atoms with Crippen LogP contribution in [0.4, 0.5) is 11.8 Å². The molecule has 0 amide bonds. The van der Waals surface area contributed by atoms with E-state index in [1.165, 1.54) is 11.4 Å². The van der Waals surface area contributed by atoms with Crippen molar-refractivity contribution in [3.8, 4) is 11.3 Å². The molecular weight excluding hydrogens is 406 g/mol. The average Bonchev–Trinajstić information content (AvgIpc) is 3.40. The summed E-state index contributed by atoms with van der Waals surface area (Å²) >= 11 is 0. The normalized spacial score (nSPS) is 19.5. The molecule has 10 nitrogen and oxygen atoms in total. The number of aromatic nitrogens is 4. The Hall–Kier alpha value is -2.76. The molecule has 1 fully saturated rings. The molecule has 5 heterocycles. The van der Waals surface area contributed by atoms with Gasteiger partial charge in [-0.2, -0.15) is 13.4 Å². The lowest BCUT2D eigenvalue weighted by Gasteiger charge is -2.34. The van der Waals surface area contributed by atoms with Crippen LogP contribution in [0, 0.1) is 0 Å². The molecule has 158 valence electrons. The van der Waals surface area contributed by atoms with Crippen molar-refractivity contribution in [1.29, 1.82) is 0 Å². The van der Waals surface area contributed by atoms with Gasteiger partial charge in [0.25, 0.3) is 0 Å². The van der Waals surface area contributed by atoms with Crippen LogP contribution in [-0.4, -0.2) is 67.7 Å². The molecule has 2 aliphatic heterocycles. The van der Waals surface area contributed by atoms with Crippen molar-refractivity contribution in [1.82, 2.24) is 24.7 Å². The summed E-state index contributed by atoms with van der Waals surface area (Å²) in [5.74, 6) is 0.946. The second kappa shape index (κ2) is 7.18. The van der Waals surface area contributed by atoms with E-state index in [9.17, 15) is 8.42 Å². The van der Waals surface area contributed by atoms with Crippen LogP contribution in [0.1, 0.15) is 12.5 Å². The Morgan fingerprint density at radius 3 is 2.93 bits per heavy atom. The van der Waals surface area contributed by atoms with E-state index in [1.807, 2.05) is 25.3 Å². The largest absolute Gasteiger partial charge is 0.377 e. The smallest absolute Gasteiger partial charge is 0.302 e. The Balaban J connectivity index is 1.74.